The molecule has 2 N–H and O–H groups in total. The zero-order chi connectivity index (χ0) is 11.4. The summed E-state index contributed by atoms with van der Waals surface area (Å²) < 4.78 is 0. The average molecular weight is 235 g/mol. The van der Waals surface area contributed by atoms with Crippen LogP contribution in [0.5, 0.6) is 0 Å². The number of thiophene rings is 1. The van der Waals surface area contributed by atoms with Gasteiger partial charge in [-0.15, -0.1) is 0 Å². The van der Waals surface area contributed by atoms with Gasteiger partial charge in [0, 0.05) is 12.7 Å². The number of hydrogen-bond acceptors (Lipinski definition) is 5. The Kier molecular flexibility index (Phi) is 3.11. The average Bonchev–Trinajstić information content (AvgIpc) is 2.79. The first-order chi connectivity index (χ1) is 7.75. The lowest BCUT2D eigenvalue weighted by Crippen LogP contribution is -2.07. The van der Waals surface area contributed by atoms with Crippen molar-refractivity contribution in [2.75, 3.05) is 5.32 Å². The van der Waals surface area contributed by atoms with Crippen molar-refractivity contribution in [1.82, 2.24) is 9.97 Å². The fourth-order valence-corrected chi connectivity index (χ4v) is 1.81. The number of carboxylic acid groups (broad SMARTS) is 1. The zero-order valence-corrected chi connectivity index (χ0v) is 9.07. The van der Waals surface area contributed by atoms with Crippen LogP contribution in [0.1, 0.15) is 16.1 Å². The number of rotatable bonds is 4. The van der Waals surface area contributed by atoms with Gasteiger partial charge in [-0.2, -0.15) is 11.3 Å². The number of anilines is 1. The molecule has 0 unspecified atom stereocenters. The largest absolute Gasteiger partial charge is 0.477 e. The molecular weight excluding hydrogens is 226 g/mol. The van der Waals surface area contributed by atoms with Gasteiger partial charge in [0.05, 0.1) is 0 Å². The molecule has 16 heavy (non-hydrogen) atoms. The van der Waals surface area contributed by atoms with E-state index in [2.05, 4.69) is 15.3 Å². The number of aromatic carboxylic acids is 1. The van der Waals surface area contributed by atoms with Crippen LogP contribution >= 0.6 is 11.3 Å². The van der Waals surface area contributed by atoms with E-state index in [0.717, 1.165) is 5.56 Å². The third-order valence-corrected chi connectivity index (χ3v) is 2.64. The molecular formula is C10H9N3O2S. The quantitative estimate of drug-likeness (QED) is 0.845. The predicted molar refractivity (Wildman–Crippen MR) is 60.6 cm³/mol. The van der Waals surface area contributed by atoms with Gasteiger partial charge in [-0.3, -0.25) is 0 Å². The first-order valence-corrected chi connectivity index (χ1v) is 5.51. The molecule has 0 amide bonds. The van der Waals surface area contributed by atoms with Crippen molar-refractivity contribution in [3.8, 4) is 0 Å². The summed E-state index contributed by atoms with van der Waals surface area (Å²) in [6.07, 6.45) is 1.42. The number of nitrogens with zero attached hydrogens (tertiary/aromatic N) is 2. The van der Waals surface area contributed by atoms with Crippen LogP contribution in [0, 0.1) is 0 Å². The van der Waals surface area contributed by atoms with Gasteiger partial charge in [-0.05, 0) is 28.5 Å². The van der Waals surface area contributed by atoms with E-state index in [9.17, 15) is 4.79 Å². The van der Waals surface area contributed by atoms with Crippen LogP contribution in [0.15, 0.2) is 29.1 Å². The molecule has 0 aromatic carbocycles. The van der Waals surface area contributed by atoms with Gasteiger partial charge in [-0.1, -0.05) is 0 Å². The molecule has 0 aliphatic carbocycles. The molecule has 0 fully saturated rings. The molecule has 82 valence electrons. The fourth-order valence-electron chi connectivity index (χ4n) is 1.14. The van der Waals surface area contributed by atoms with Crippen molar-refractivity contribution in [1.29, 1.82) is 0 Å². The standard InChI is InChI=1S/C10H9N3O2S/c14-9(15)8-1-3-11-10(13-8)12-5-7-2-4-16-6-7/h1-4,6H,5H2,(H,14,15)(H,11,12,13). The molecule has 0 aliphatic heterocycles. The highest BCUT2D eigenvalue weighted by Gasteiger charge is 2.05. The third kappa shape index (κ3) is 2.54. The fraction of sp³-hybridized carbons (Fsp3) is 0.100. The lowest BCUT2D eigenvalue weighted by atomic mass is 10.3. The monoisotopic (exact) mass is 235 g/mol. The molecule has 0 aliphatic rings. The Hall–Kier alpha value is -1.95. The van der Waals surface area contributed by atoms with Gasteiger partial charge in [0.2, 0.25) is 5.95 Å². The van der Waals surface area contributed by atoms with E-state index in [-0.39, 0.29) is 5.69 Å². The van der Waals surface area contributed by atoms with E-state index in [1.807, 2.05) is 16.8 Å². The van der Waals surface area contributed by atoms with Crippen molar-refractivity contribution in [3.63, 3.8) is 0 Å². The van der Waals surface area contributed by atoms with Gasteiger partial charge in [0.1, 0.15) is 0 Å². The predicted octanol–water partition coefficient (Wildman–Crippen LogP) is 1.85. The highest BCUT2D eigenvalue weighted by molar-refractivity contribution is 7.07. The Morgan fingerprint density at radius 1 is 1.50 bits per heavy atom. The number of aromatic nitrogens is 2. The van der Waals surface area contributed by atoms with Gasteiger partial charge in [-0.25, -0.2) is 14.8 Å². The first-order valence-electron chi connectivity index (χ1n) is 4.57. The molecule has 0 radical (unpaired) electrons. The molecule has 0 bridgehead atoms. The van der Waals surface area contributed by atoms with E-state index in [1.54, 1.807) is 11.3 Å². The molecule has 2 rings (SSSR count). The van der Waals surface area contributed by atoms with Crippen LogP contribution in [0.4, 0.5) is 5.95 Å². The summed E-state index contributed by atoms with van der Waals surface area (Å²) in [6, 6.07) is 3.34. The molecule has 0 saturated carbocycles. The second kappa shape index (κ2) is 4.71. The number of hydrogen-bond donors (Lipinski definition) is 2. The third-order valence-electron chi connectivity index (χ3n) is 1.91. The Morgan fingerprint density at radius 2 is 2.38 bits per heavy atom. The Bertz CT molecular complexity index is 485. The minimum atomic E-state index is -1.05. The zero-order valence-electron chi connectivity index (χ0n) is 8.25. The minimum Gasteiger partial charge on any atom is -0.477 e. The van der Waals surface area contributed by atoms with Crippen LogP contribution in [0.2, 0.25) is 0 Å². The van der Waals surface area contributed by atoms with Crippen LogP contribution < -0.4 is 5.32 Å². The first kappa shape index (κ1) is 10.6. The summed E-state index contributed by atoms with van der Waals surface area (Å²) in [4.78, 5) is 18.5. The van der Waals surface area contributed by atoms with Crippen molar-refractivity contribution in [3.05, 3.63) is 40.3 Å². The van der Waals surface area contributed by atoms with Gasteiger partial charge >= 0.3 is 5.97 Å². The summed E-state index contributed by atoms with van der Waals surface area (Å²) in [5.74, 6) is -0.730. The smallest absolute Gasteiger partial charge is 0.354 e. The van der Waals surface area contributed by atoms with Crippen LogP contribution in [-0.2, 0) is 6.54 Å². The highest BCUT2D eigenvalue weighted by atomic mass is 32.1. The summed E-state index contributed by atoms with van der Waals surface area (Å²) in [7, 11) is 0. The van der Waals surface area contributed by atoms with Crippen LogP contribution in [-0.4, -0.2) is 21.0 Å². The highest BCUT2D eigenvalue weighted by Crippen LogP contribution is 2.08. The SMILES string of the molecule is O=C(O)c1ccnc(NCc2ccsc2)n1. The normalized spacial score (nSPS) is 10.0. The van der Waals surface area contributed by atoms with E-state index < -0.39 is 5.97 Å². The number of carbonyl (C=O) groups is 1. The molecule has 6 heteroatoms. The van der Waals surface area contributed by atoms with Crippen molar-refractivity contribution in [2.45, 2.75) is 6.54 Å². The van der Waals surface area contributed by atoms with Gasteiger partial charge in [0.15, 0.2) is 5.69 Å². The molecule has 0 saturated heterocycles. The summed E-state index contributed by atoms with van der Waals surface area (Å²) >= 11 is 1.61. The van der Waals surface area contributed by atoms with E-state index >= 15 is 0 Å². The molecule has 0 spiro atoms. The van der Waals surface area contributed by atoms with Crippen molar-refractivity contribution < 1.29 is 9.90 Å². The topological polar surface area (TPSA) is 75.1 Å². The second-order valence-electron chi connectivity index (χ2n) is 3.06. The maximum Gasteiger partial charge on any atom is 0.354 e. The van der Waals surface area contributed by atoms with Gasteiger partial charge in [0.25, 0.3) is 0 Å². The maximum absolute atomic E-state index is 10.7. The summed E-state index contributed by atoms with van der Waals surface area (Å²) in [5, 5.41) is 15.7. The molecule has 5 nitrogen and oxygen atoms in total. The maximum atomic E-state index is 10.7. The number of nitrogens with one attached hydrogen (secondary N) is 1. The van der Waals surface area contributed by atoms with Gasteiger partial charge < -0.3 is 10.4 Å². The lowest BCUT2D eigenvalue weighted by molar-refractivity contribution is 0.0690. The van der Waals surface area contributed by atoms with E-state index in [1.165, 1.54) is 12.3 Å². The van der Waals surface area contributed by atoms with Crippen molar-refractivity contribution in [2.24, 2.45) is 0 Å². The summed E-state index contributed by atoms with van der Waals surface area (Å²) in [5.41, 5.74) is 1.11. The van der Waals surface area contributed by atoms with E-state index in [0.29, 0.717) is 12.5 Å². The molecule has 2 aromatic heterocycles. The van der Waals surface area contributed by atoms with Crippen molar-refractivity contribution >= 4 is 23.3 Å². The van der Waals surface area contributed by atoms with E-state index in [4.69, 9.17) is 5.11 Å². The second-order valence-corrected chi connectivity index (χ2v) is 3.84. The van der Waals surface area contributed by atoms with Crippen LogP contribution in [0.25, 0.3) is 0 Å². The summed E-state index contributed by atoms with van der Waals surface area (Å²) in [6.45, 7) is 0.590. The Morgan fingerprint density at radius 3 is 3.06 bits per heavy atom. The molecule has 2 aromatic rings. The Labute approximate surface area is 95.8 Å². The Balaban J connectivity index is 2.04. The van der Waals surface area contributed by atoms with Crippen LogP contribution in [0.3, 0.4) is 0 Å². The number of carboxylic acids is 1. The molecule has 2 heterocycles. The molecule has 0 atom stereocenters. The minimum absolute atomic E-state index is 0.0113. The lowest BCUT2D eigenvalue weighted by Gasteiger charge is -2.03.